The fourth-order valence-corrected chi connectivity index (χ4v) is 4.68. The lowest BCUT2D eigenvalue weighted by Gasteiger charge is -2.32. The maximum absolute atomic E-state index is 13.8. The summed E-state index contributed by atoms with van der Waals surface area (Å²) in [6.45, 7) is 5.33. The Morgan fingerprint density at radius 2 is 1.66 bits per heavy atom. The van der Waals surface area contributed by atoms with Gasteiger partial charge in [0, 0.05) is 30.5 Å². The second kappa shape index (κ2) is 13.3. The van der Waals surface area contributed by atoms with Crippen LogP contribution < -0.4 is 14.8 Å². The van der Waals surface area contributed by atoms with E-state index in [2.05, 4.69) is 5.32 Å². The molecule has 0 aromatic heterocycles. The third kappa shape index (κ3) is 7.51. The Bertz CT molecular complexity index is 1230. The summed E-state index contributed by atoms with van der Waals surface area (Å²) in [5.74, 6) is 1.17. The minimum absolute atomic E-state index is 0.00149. The third-order valence-electron chi connectivity index (χ3n) is 6.75. The summed E-state index contributed by atoms with van der Waals surface area (Å²) < 4.78 is 11.3. The average molecular weight is 535 g/mol. The molecule has 3 aromatic carbocycles. The van der Waals surface area contributed by atoms with Crippen LogP contribution in [0.5, 0.6) is 11.5 Å². The van der Waals surface area contributed by atoms with E-state index in [4.69, 9.17) is 21.1 Å². The molecule has 2 atom stereocenters. The molecular formula is C31H35ClN2O4. The molecule has 200 valence electrons. The maximum Gasteiger partial charge on any atom is 0.243 e. The van der Waals surface area contributed by atoms with Gasteiger partial charge < -0.3 is 19.7 Å². The van der Waals surface area contributed by atoms with E-state index in [0.29, 0.717) is 36.8 Å². The zero-order chi connectivity index (χ0) is 26.9. The number of nitrogens with one attached hydrogen (secondary N) is 1. The summed E-state index contributed by atoms with van der Waals surface area (Å²) >= 11 is 6.26. The van der Waals surface area contributed by atoms with Gasteiger partial charge in [0.2, 0.25) is 11.8 Å². The van der Waals surface area contributed by atoms with Gasteiger partial charge in [-0.25, -0.2) is 0 Å². The summed E-state index contributed by atoms with van der Waals surface area (Å²) in [6, 6.07) is 22.4. The van der Waals surface area contributed by atoms with E-state index < -0.39 is 6.04 Å². The minimum Gasteiger partial charge on any atom is -0.486 e. The number of carbonyl (C=O) groups excluding carboxylic acids is 2. The van der Waals surface area contributed by atoms with Crippen LogP contribution in [0, 0.1) is 0 Å². The molecule has 0 fully saturated rings. The molecule has 2 amide bonds. The van der Waals surface area contributed by atoms with E-state index in [1.807, 2.05) is 80.6 Å². The molecule has 0 saturated carbocycles. The lowest BCUT2D eigenvalue weighted by molar-refractivity contribution is -0.141. The Hall–Kier alpha value is -3.51. The van der Waals surface area contributed by atoms with Gasteiger partial charge in [0.1, 0.15) is 19.3 Å². The molecule has 3 aromatic rings. The first-order chi connectivity index (χ1) is 18.4. The van der Waals surface area contributed by atoms with Gasteiger partial charge in [-0.3, -0.25) is 9.59 Å². The smallest absolute Gasteiger partial charge is 0.243 e. The summed E-state index contributed by atoms with van der Waals surface area (Å²) in [5.41, 5.74) is 2.85. The highest BCUT2D eigenvalue weighted by atomic mass is 35.5. The predicted molar refractivity (Wildman–Crippen MR) is 150 cm³/mol. The molecule has 38 heavy (non-hydrogen) atoms. The van der Waals surface area contributed by atoms with Crippen LogP contribution in [0.25, 0.3) is 0 Å². The molecule has 1 N–H and O–H groups in total. The van der Waals surface area contributed by atoms with Crippen LogP contribution in [0.4, 0.5) is 0 Å². The Morgan fingerprint density at radius 3 is 2.39 bits per heavy atom. The molecule has 6 nitrogen and oxygen atoms in total. The molecule has 0 aliphatic carbocycles. The lowest BCUT2D eigenvalue weighted by atomic mass is 10.0. The number of halogens is 1. The molecule has 0 unspecified atom stereocenters. The van der Waals surface area contributed by atoms with Crippen LogP contribution in [-0.2, 0) is 29.0 Å². The van der Waals surface area contributed by atoms with E-state index in [0.717, 1.165) is 28.9 Å². The molecule has 0 radical (unpaired) electrons. The normalized spacial score (nSPS) is 13.9. The first kappa shape index (κ1) is 27.5. The Labute approximate surface area is 229 Å². The first-order valence-corrected chi connectivity index (χ1v) is 13.6. The van der Waals surface area contributed by atoms with Crippen molar-refractivity contribution in [2.45, 2.75) is 58.2 Å². The standard InChI is InChI=1S/C31H35ClN2O4/c1-3-22(2)33-31(36)27(19-23-8-5-4-6-9-23)34(21-25-10-7-11-26(32)18-25)30(35)15-13-24-12-14-28-29(20-24)38-17-16-37-28/h4-12,14,18,20,22,27H,3,13,15-17,19,21H2,1-2H3,(H,33,36)/t22-,27-/m0/s1. The van der Waals surface area contributed by atoms with Crippen molar-refractivity contribution >= 4 is 23.4 Å². The van der Waals surface area contributed by atoms with Crippen LogP contribution in [0.3, 0.4) is 0 Å². The predicted octanol–water partition coefficient (Wildman–Crippen LogP) is 5.60. The van der Waals surface area contributed by atoms with Gasteiger partial charge in [-0.2, -0.15) is 0 Å². The molecule has 1 heterocycles. The summed E-state index contributed by atoms with van der Waals surface area (Å²) in [5, 5.41) is 3.69. The summed E-state index contributed by atoms with van der Waals surface area (Å²) in [7, 11) is 0. The van der Waals surface area contributed by atoms with Crippen LogP contribution in [0.1, 0.15) is 43.4 Å². The number of amides is 2. The van der Waals surface area contributed by atoms with E-state index in [9.17, 15) is 9.59 Å². The van der Waals surface area contributed by atoms with Crippen LogP contribution in [0.2, 0.25) is 5.02 Å². The second-order valence-electron chi connectivity index (χ2n) is 9.65. The molecular weight excluding hydrogens is 500 g/mol. The van der Waals surface area contributed by atoms with Gasteiger partial charge in [-0.1, -0.05) is 67.1 Å². The number of carbonyl (C=O) groups is 2. The van der Waals surface area contributed by atoms with Gasteiger partial charge in [0.25, 0.3) is 0 Å². The molecule has 1 aliphatic rings. The van der Waals surface area contributed by atoms with Crippen LogP contribution >= 0.6 is 11.6 Å². The quantitative estimate of drug-likeness (QED) is 0.348. The second-order valence-corrected chi connectivity index (χ2v) is 10.1. The third-order valence-corrected chi connectivity index (χ3v) is 6.98. The van der Waals surface area contributed by atoms with Crippen LogP contribution in [-0.4, -0.2) is 42.0 Å². The summed E-state index contributed by atoms with van der Waals surface area (Å²) in [6.07, 6.45) is 1.99. The number of rotatable bonds is 11. The van der Waals surface area contributed by atoms with Crippen molar-refractivity contribution in [2.75, 3.05) is 13.2 Å². The fourth-order valence-electron chi connectivity index (χ4n) is 4.47. The van der Waals surface area contributed by atoms with Gasteiger partial charge in [-0.15, -0.1) is 0 Å². The highest BCUT2D eigenvalue weighted by Crippen LogP contribution is 2.31. The highest BCUT2D eigenvalue weighted by molar-refractivity contribution is 6.30. The molecule has 1 aliphatic heterocycles. The number of hydrogen-bond donors (Lipinski definition) is 1. The highest BCUT2D eigenvalue weighted by Gasteiger charge is 2.31. The van der Waals surface area contributed by atoms with E-state index in [1.54, 1.807) is 11.0 Å². The van der Waals surface area contributed by atoms with E-state index in [-0.39, 0.29) is 30.8 Å². The van der Waals surface area contributed by atoms with Crippen LogP contribution in [0.15, 0.2) is 72.8 Å². The molecule has 7 heteroatoms. The average Bonchev–Trinajstić information content (AvgIpc) is 2.94. The SMILES string of the molecule is CC[C@H](C)NC(=O)[C@H](Cc1ccccc1)N(Cc1cccc(Cl)c1)C(=O)CCc1ccc2c(c1)OCCO2. The molecule has 4 rings (SSSR count). The van der Waals surface area contributed by atoms with Gasteiger partial charge >= 0.3 is 0 Å². The zero-order valence-corrected chi connectivity index (χ0v) is 22.7. The number of ether oxygens (including phenoxy) is 2. The number of hydrogen-bond acceptors (Lipinski definition) is 4. The van der Waals surface area contributed by atoms with Crippen molar-refractivity contribution in [1.82, 2.24) is 10.2 Å². The summed E-state index contributed by atoms with van der Waals surface area (Å²) in [4.78, 5) is 29.1. The van der Waals surface area contributed by atoms with Crippen molar-refractivity contribution in [3.05, 3.63) is 94.5 Å². The van der Waals surface area contributed by atoms with Crippen molar-refractivity contribution in [3.8, 4) is 11.5 Å². The van der Waals surface area contributed by atoms with Gasteiger partial charge in [-0.05, 0) is 60.7 Å². The molecule has 0 saturated heterocycles. The van der Waals surface area contributed by atoms with Gasteiger partial charge in [0.05, 0.1) is 0 Å². The Balaban J connectivity index is 1.60. The number of aryl methyl sites for hydroxylation is 1. The van der Waals surface area contributed by atoms with E-state index in [1.165, 1.54) is 0 Å². The number of fused-ring (bicyclic) bond motifs is 1. The zero-order valence-electron chi connectivity index (χ0n) is 22.0. The molecule has 0 spiro atoms. The fraction of sp³-hybridized carbons (Fsp3) is 0.355. The number of nitrogens with zero attached hydrogens (tertiary/aromatic N) is 1. The van der Waals surface area contributed by atoms with Crippen molar-refractivity contribution in [1.29, 1.82) is 0 Å². The monoisotopic (exact) mass is 534 g/mol. The minimum atomic E-state index is -0.668. The van der Waals surface area contributed by atoms with Gasteiger partial charge in [0.15, 0.2) is 11.5 Å². The Morgan fingerprint density at radius 1 is 0.921 bits per heavy atom. The first-order valence-electron chi connectivity index (χ1n) is 13.2. The number of benzene rings is 3. The van der Waals surface area contributed by atoms with Crippen molar-refractivity contribution < 1.29 is 19.1 Å². The topological polar surface area (TPSA) is 67.9 Å². The lowest BCUT2D eigenvalue weighted by Crippen LogP contribution is -2.52. The van der Waals surface area contributed by atoms with E-state index >= 15 is 0 Å². The van der Waals surface area contributed by atoms with Crippen molar-refractivity contribution in [2.24, 2.45) is 0 Å². The largest absolute Gasteiger partial charge is 0.486 e. The van der Waals surface area contributed by atoms with Crippen molar-refractivity contribution in [3.63, 3.8) is 0 Å². The Kier molecular flexibility index (Phi) is 9.66. The maximum atomic E-state index is 13.8. The molecule has 0 bridgehead atoms.